The molecule has 0 bridgehead atoms. The average Bonchev–Trinajstić information content (AvgIpc) is 2.52. The van der Waals surface area contributed by atoms with Crippen LogP contribution in [0.15, 0.2) is 11.8 Å². The van der Waals surface area contributed by atoms with Crippen LogP contribution in [0.2, 0.25) is 0 Å². The number of carboxylic acids is 1. The number of sulfonamides is 1. The lowest BCUT2D eigenvalue weighted by atomic mass is 10.0. The molecule has 0 aliphatic carbocycles. The zero-order chi connectivity index (χ0) is 14.5. The minimum atomic E-state index is -4.06. The van der Waals surface area contributed by atoms with Gasteiger partial charge in [0.25, 0.3) is 0 Å². The van der Waals surface area contributed by atoms with Crippen LogP contribution in [0.4, 0.5) is 0 Å². The maximum Gasteiger partial charge on any atom is 0.332 e. The van der Waals surface area contributed by atoms with E-state index in [0.29, 0.717) is 5.57 Å². The second-order valence-electron chi connectivity index (χ2n) is 5.52. The number of carbonyl (C=O) groups is 1. The van der Waals surface area contributed by atoms with Gasteiger partial charge in [-0.25, -0.2) is 13.1 Å². The third-order valence-electron chi connectivity index (χ3n) is 3.55. The molecule has 108 valence electrons. The lowest BCUT2D eigenvalue weighted by Gasteiger charge is -2.40. The molecule has 0 aromatic rings. The first-order valence-electron chi connectivity index (χ1n) is 5.87. The molecule has 2 N–H and O–H groups in total. The first-order chi connectivity index (χ1) is 8.63. The van der Waals surface area contributed by atoms with E-state index >= 15 is 0 Å². The van der Waals surface area contributed by atoms with Gasteiger partial charge in [0.2, 0.25) is 14.8 Å². The summed E-state index contributed by atoms with van der Waals surface area (Å²) in [6.45, 7) is 3.62. The predicted octanol–water partition coefficient (Wildman–Crippen LogP) is -0.633. The molecule has 1 fully saturated rings. The Balaban J connectivity index is 2.40. The van der Waals surface area contributed by atoms with Crippen molar-refractivity contribution in [2.45, 2.75) is 24.1 Å². The number of ether oxygens (including phenoxy) is 1. The lowest BCUT2D eigenvalue weighted by Crippen LogP contribution is -2.66. The summed E-state index contributed by atoms with van der Waals surface area (Å²) in [5.41, 5.74) is -0.415. The lowest BCUT2D eigenvalue weighted by molar-refractivity contribution is -0.139. The molecule has 0 saturated carbocycles. The van der Waals surface area contributed by atoms with Crippen LogP contribution in [0.25, 0.3) is 0 Å². The first kappa shape index (κ1) is 14.3. The molecule has 1 saturated heterocycles. The van der Waals surface area contributed by atoms with Crippen molar-refractivity contribution in [3.63, 3.8) is 0 Å². The van der Waals surface area contributed by atoms with Crippen molar-refractivity contribution in [1.29, 1.82) is 0 Å². The Bertz CT molecular complexity index is 537. The monoisotopic (exact) mass is 290 g/mol. The molecule has 0 spiro atoms. The van der Waals surface area contributed by atoms with Gasteiger partial charge in [0.05, 0.1) is 25.3 Å². The number of hydrogen-bond donors (Lipinski definition) is 2. The Morgan fingerprint density at radius 2 is 2.11 bits per heavy atom. The van der Waals surface area contributed by atoms with Gasteiger partial charge >= 0.3 is 5.97 Å². The Kier molecular flexibility index (Phi) is 3.15. The molecule has 2 aliphatic rings. The number of aliphatic carboxylic acids is 1. The van der Waals surface area contributed by atoms with Crippen LogP contribution in [-0.2, 0) is 19.6 Å². The molecule has 0 radical (unpaired) electrons. The van der Waals surface area contributed by atoms with Gasteiger partial charge in [-0.05, 0) is 19.4 Å². The maximum atomic E-state index is 12.5. The highest BCUT2D eigenvalue weighted by Crippen LogP contribution is 2.34. The number of rotatable bonds is 4. The topological polar surface area (TPSA) is 95.9 Å². The molecule has 2 aliphatic heterocycles. The molecule has 2 rings (SSSR count). The van der Waals surface area contributed by atoms with Crippen LogP contribution >= 0.6 is 0 Å². The van der Waals surface area contributed by atoms with Gasteiger partial charge in [0.15, 0.2) is 0 Å². The summed E-state index contributed by atoms with van der Waals surface area (Å²) in [5.74, 6) is -1.36. The summed E-state index contributed by atoms with van der Waals surface area (Å²) in [7, 11) is -2.41. The zero-order valence-electron chi connectivity index (χ0n) is 11.1. The van der Waals surface area contributed by atoms with Gasteiger partial charge in [-0.15, -0.1) is 0 Å². The van der Waals surface area contributed by atoms with Crippen molar-refractivity contribution >= 4 is 16.0 Å². The zero-order valence-corrected chi connectivity index (χ0v) is 12.0. The maximum absolute atomic E-state index is 12.5. The van der Waals surface area contributed by atoms with Crippen LogP contribution < -0.4 is 4.72 Å². The van der Waals surface area contributed by atoms with Crippen molar-refractivity contribution in [3.05, 3.63) is 11.8 Å². The summed E-state index contributed by atoms with van der Waals surface area (Å²) in [6, 6.07) is 0. The number of nitrogens with zero attached hydrogens (tertiary/aromatic N) is 1. The first-order valence-corrected chi connectivity index (χ1v) is 7.35. The molecule has 2 heterocycles. The third-order valence-corrected chi connectivity index (χ3v) is 5.85. The fraction of sp³-hybridized carbons (Fsp3) is 0.727. The van der Waals surface area contributed by atoms with Gasteiger partial charge in [-0.3, -0.25) is 4.79 Å². The van der Waals surface area contributed by atoms with Crippen LogP contribution in [0.1, 0.15) is 13.8 Å². The number of nitrogens with one attached hydrogen (secondary N) is 1. The fourth-order valence-electron chi connectivity index (χ4n) is 2.48. The molecule has 0 aromatic heterocycles. The van der Waals surface area contributed by atoms with Gasteiger partial charge < -0.3 is 14.7 Å². The molecule has 0 aromatic carbocycles. The summed E-state index contributed by atoms with van der Waals surface area (Å²) >= 11 is 0. The van der Waals surface area contributed by atoms with E-state index in [-0.39, 0.29) is 19.8 Å². The molecule has 19 heavy (non-hydrogen) atoms. The van der Waals surface area contributed by atoms with Crippen molar-refractivity contribution in [3.8, 4) is 0 Å². The van der Waals surface area contributed by atoms with Crippen LogP contribution in [0.3, 0.4) is 0 Å². The Labute approximate surface area is 112 Å². The van der Waals surface area contributed by atoms with E-state index in [1.54, 1.807) is 25.1 Å². The van der Waals surface area contributed by atoms with Gasteiger partial charge in [-0.1, -0.05) is 0 Å². The largest absolute Gasteiger partial charge is 0.480 e. The summed E-state index contributed by atoms with van der Waals surface area (Å²) in [4.78, 5) is 13.2. The minimum absolute atomic E-state index is 0.0968. The van der Waals surface area contributed by atoms with E-state index in [9.17, 15) is 18.3 Å². The second-order valence-corrected chi connectivity index (χ2v) is 7.43. The van der Waals surface area contributed by atoms with E-state index in [4.69, 9.17) is 4.74 Å². The molecule has 0 amide bonds. The Morgan fingerprint density at radius 3 is 2.42 bits per heavy atom. The van der Waals surface area contributed by atoms with Crippen molar-refractivity contribution in [2.75, 3.05) is 26.8 Å². The Morgan fingerprint density at radius 1 is 1.53 bits per heavy atom. The summed E-state index contributed by atoms with van der Waals surface area (Å²) in [6.07, 6.45) is 1.55. The smallest absolute Gasteiger partial charge is 0.332 e. The quantitative estimate of drug-likeness (QED) is 0.715. The fourth-order valence-corrected chi connectivity index (χ4v) is 4.50. The van der Waals surface area contributed by atoms with Gasteiger partial charge in [-0.2, -0.15) is 0 Å². The van der Waals surface area contributed by atoms with E-state index in [0.717, 1.165) is 0 Å². The molecular weight excluding hydrogens is 272 g/mol. The molecule has 1 unspecified atom stereocenters. The highest BCUT2D eigenvalue weighted by Gasteiger charge is 2.58. The van der Waals surface area contributed by atoms with Crippen LogP contribution in [0, 0.1) is 0 Å². The van der Waals surface area contributed by atoms with Crippen molar-refractivity contribution < 1.29 is 23.1 Å². The second kappa shape index (κ2) is 4.19. The van der Waals surface area contributed by atoms with E-state index in [1.807, 2.05) is 0 Å². The van der Waals surface area contributed by atoms with Gasteiger partial charge in [0, 0.05) is 13.2 Å². The molecule has 1 atom stereocenters. The van der Waals surface area contributed by atoms with Crippen molar-refractivity contribution in [1.82, 2.24) is 9.62 Å². The molecular formula is C11H18N2O5S. The van der Waals surface area contributed by atoms with E-state index in [1.165, 1.54) is 6.92 Å². The van der Waals surface area contributed by atoms with E-state index < -0.39 is 26.3 Å². The normalized spacial score (nSPS) is 29.8. The van der Waals surface area contributed by atoms with Crippen LogP contribution in [-0.4, -0.2) is 61.5 Å². The highest BCUT2D eigenvalue weighted by atomic mass is 32.2. The standard InChI is InChI=1S/C11H18N2O5S/c1-8-4-13(3)5-11(8,9(14)15)19(16,17)12-10(2)6-18-7-10/h4,12H,5-7H2,1-3H3,(H,14,15). The van der Waals surface area contributed by atoms with E-state index in [2.05, 4.69) is 4.72 Å². The molecule has 8 heteroatoms. The third kappa shape index (κ3) is 2.03. The molecule has 7 nitrogen and oxygen atoms in total. The van der Waals surface area contributed by atoms with Crippen molar-refractivity contribution in [2.24, 2.45) is 0 Å². The predicted molar refractivity (Wildman–Crippen MR) is 68.0 cm³/mol. The average molecular weight is 290 g/mol. The number of hydrogen-bond acceptors (Lipinski definition) is 5. The Hall–Kier alpha value is -1.12. The highest BCUT2D eigenvalue weighted by molar-refractivity contribution is 7.92. The van der Waals surface area contributed by atoms with Crippen LogP contribution in [0.5, 0.6) is 0 Å². The summed E-state index contributed by atoms with van der Waals surface area (Å²) in [5, 5.41) is 9.46. The SMILES string of the molecule is CC1=CN(C)CC1(C(=O)O)S(=O)(=O)NC1(C)COC1. The number of carboxylic acid groups (broad SMARTS) is 1. The summed E-state index contributed by atoms with van der Waals surface area (Å²) < 4.78 is 30.6. The minimum Gasteiger partial charge on any atom is -0.480 e. The van der Waals surface area contributed by atoms with Gasteiger partial charge in [0.1, 0.15) is 0 Å².